The van der Waals surface area contributed by atoms with E-state index >= 15 is 0 Å². The number of para-hydroxylation sites is 1. The molecule has 1 heterocycles. The summed E-state index contributed by atoms with van der Waals surface area (Å²) in [6.45, 7) is 4.34. The number of hydrogen-bond acceptors (Lipinski definition) is 4. The van der Waals surface area contributed by atoms with Crippen molar-refractivity contribution in [2.24, 2.45) is 0 Å². The third-order valence-electron chi connectivity index (χ3n) is 5.10. The first-order chi connectivity index (χ1) is 13.1. The molecule has 1 fully saturated rings. The maximum Gasteiger partial charge on any atom is 0.253 e. The first kappa shape index (κ1) is 19.4. The zero-order chi connectivity index (χ0) is 19.2. The van der Waals surface area contributed by atoms with Crippen molar-refractivity contribution in [2.45, 2.75) is 6.42 Å². The van der Waals surface area contributed by atoms with Gasteiger partial charge in [-0.1, -0.05) is 30.3 Å². The van der Waals surface area contributed by atoms with Gasteiger partial charge in [0, 0.05) is 70.2 Å². The molecule has 1 saturated heterocycles. The van der Waals surface area contributed by atoms with E-state index in [2.05, 4.69) is 28.0 Å². The Balaban J connectivity index is 1.74. The van der Waals surface area contributed by atoms with Gasteiger partial charge in [0.05, 0.1) is 0 Å². The van der Waals surface area contributed by atoms with Crippen molar-refractivity contribution in [3.63, 3.8) is 0 Å². The van der Waals surface area contributed by atoms with Gasteiger partial charge in [-0.3, -0.25) is 9.69 Å². The van der Waals surface area contributed by atoms with E-state index in [1.165, 1.54) is 0 Å². The topological polar surface area (TPSA) is 47.0 Å². The fourth-order valence-corrected chi connectivity index (χ4v) is 3.58. The Kier molecular flexibility index (Phi) is 6.48. The Bertz CT molecular complexity index is 768. The van der Waals surface area contributed by atoms with E-state index in [1.807, 2.05) is 49.3 Å². The molecule has 1 amide bonds. The van der Waals surface area contributed by atoms with E-state index in [4.69, 9.17) is 5.11 Å². The van der Waals surface area contributed by atoms with E-state index in [-0.39, 0.29) is 12.5 Å². The Hall–Kier alpha value is -2.37. The lowest BCUT2D eigenvalue weighted by molar-refractivity contribution is 0.0629. The quantitative estimate of drug-likeness (QED) is 0.852. The second-order valence-electron chi connectivity index (χ2n) is 7.20. The van der Waals surface area contributed by atoms with Crippen molar-refractivity contribution in [1.82, 2.24) is 9.80 Å². The predicted molar refractivity (Wildman–Crippen MR) is 110 cm³/mol. The molecule has 0 aromatic heterocycles. The maximum absolute atomic E-state index is 13.0. The second-order valence-corrected chi connectivity index (χ2v) is 7.20. The van der Waals surface area contributed by atoms with Crippen LogP contribution in [0.4, 0.5) is 5.69 Å². The van der Waals surface area contributed by atoms with Gasteiger partial charge in [0.1, 0.15) is 0 Å². The first-order valence-corrected chi connectivity index (χ1v) is 9.59. The molecule has 27 heavy (non-hydrogen) atoms. The van der Waals surface area contributed by atoms with Crippen LogP contribution in [0.25, 0.3) is 11.1 Å². The van der Waals surface area contributed by atoms with Crippen LogP contribution in [0, 0.1) is 0 Å². The van der Waals surface area contributed by atoms with Gasteiger partial charge >= 0.3 is 0 Å². The van der Waals surface area contributed by atoms with Crippen molar-refractivity contribution in [2.75, 3.05) is 58.3 Å². The normalized spacial score (nSPS) is 15.0. The van der Waals surface area contributed by atoms with E-state index in [9.17, 15) is 4.79 Å². The van der Waals surface area contributed by atoms with Gasteiger partial charge in [0.2, 0.25) is 0 Å². The molecule has 5 nitrogen and oxygen atoms in total. The minimum Gasteiger partial charge on any atom is -0.396 e. The average molecular weight is 367 g/mol. The van der Waals surface area contributed by atoms with Crippen LogP contribution in [0.5, 0.6) is 0 Å². The summed E-state index contributed by atoms with van der Waals surface area (Å²) in [5.74, 6) is 0.0981. The molecule has 0 spiro atoms. The number of carbonyl (C=O) groups excluding carboxylic acids is 1. The van der Waals surface area contributed by atoms with Gasteiger partial charge in [-0.15, -0.1) is 0 Å². The zero-order valence-electron chi connectivity index (χ0n) is 16.3. The zero-order valence-corrected chi connectivity index (χ0v) is 16.3. The highest BCUT2D eigenvalue weighted by molar-refractivity contribution is 5.96. The van der Waals surface area contributed by atoms with Gasteiger partial charge in [0.15, 0.2) is 0 Å². The third kappa shape index (κ3) is 4.67. The number of benzene rings is 2. The van der Waals surface area contributed by atoms with E-state index in [0.717, 1.165) is 61.5 Å². The lowest BCUT2D eigenvalue weighted by Crippen LogP contribution is -2.48. The van der Waals surface area contributed by atoms with Crippen LogP contribution >= 0.6 is 0 Å². The van der Waals surface area contributed by atoms with Gasteiger partial charge in [-0.25, -0.2) is 0 Å². The van der Waals surface area contributed by atoms with Crippen LogP contribution in [0.1, 0.15) is 16.8 Å². The number of aliphatic hydroxyl groups excluding tert-OH is 1. The summed E-state index contributed by atoms with van der Waals surface area (Å²) in [5, 5.41) is 8.97. The molecule has 0 bridgehead atoms. The SMILES string of the molecule is CN(C)c1ccccc1-c1cccc(C(=O)N2CCN(CCCO)CC2)c1. The van der Waals surface area contributed by atoms with Crippen LogP contribution in [-0.4, -0.2) is 74.2 Å². The Labute approximate surface area is 161 Å². The fourth-order valence-electron chi connectivity index (χ4n) is 3.58. The lowest BCUT2D eigenvalue weighted by Gasteiger charge is -2.34. The largest absolute Gasteiger partial charge is 0.396 e. The van der Waals surface area contributed by atoms with Crippen LogP contribution in [-0.2, 0) is 0 Å². The molecule has 0 atom stereocenters. The molecule has 0 saturated carbocycles. The molecule has 2 aromatic rings. The number of anilines is 1. The molecular weight excluding hydrogens is 338 g/mol. The number of piperazine rings is 1. The summed E-state index contributed by atoms with van der Waals surface area (Å²) in [5.41, 5.74) is 4.07. The van der Waals surface area contributed by atoms with Crippen LogP contribution in [0.3, 0.4) is 0 Å². The highest BCUT2D eigenvalue weighted by Crippen LogP contribution is 2.30. The summed E-state index contributed by atoms with van der Waals surface area (Å²) in [7, 11) is 4.06. The number of amides is 1. The fraction of sp³-hybridized carbons (Fsp3) is 0.409. The molecular formula is C22H29N3O2. The van der Waals surface area contributed by atoms with E-state index in [1.54, 1.807) is 0 Å². The molecule has 2 aromatic carbocycles. The number of carbonyl (C=O) groups is 1. The number of nitrogens with zero attached hydrogens (tertiary/aromatic N) is 3. The molecule has 1 aliphatic rings. The smallest absolute Gasteiger partial charge is 0.253 e. The average Bonchev–Trinajstić information content (AvgIpc) is 2.72. The van der Waals surface area contributed by atoms with Gasteiger partial charge in [0.25, 0.3) is 5.91 Å². The number of rotatable bonds is 6. The predicted octanol–water partition coefficient (Wildman–Crippen LogP) is 2.56. The monoisotopic (exact) mass is 367 g/mol. The van der Waals surface area contributed by atoms with Gasteiger partial charge in [-0.05, 0) is 30.2 Å². The standard InChI is InChI=1S/C22H29N3O2/c1-23(2)21-10-4-3-9-20(21)18-7-5-8-19(17-18)22(27)25-14-12-24(13-15-25)11-6-16-26/h3-5,7-10,17,26H,6,11-16H2,1-2H3. The highest BCUT2D eigenvalue weighted by Gasteiger charge is 2.22. The summed E-state index contributed by atoms with van der Waals surface area (Å²) in [6, 6.07) is 16.2. The Morgan fingerprint density at radius 3 is 2.48 bits per heavy atom. The van der Waals surface area contributed by atoms with Crippen LogP contribution < -0.4 is 4.90 Å². The maximum atomic E-state index is 13.0. The number of hydrogen-bond donors (Lipinski definition) is 1. The second kappa shape index (κ2) is 9.02. The highest BCUT2D eigenvalue weighted by atomic mass is 16.3. The molecule has 0 aliphatic carbocycles. The Morgan fingerprint density at radius 2 is 1.78 bits per heavy atom. The Morgan fingerprint density at radius 1 is 1.04 bits per heavy atom. The van der Waals surface area contributed by atoms with Crippen molar-refractivity contribution >= 4 is 11.6 Å². The molecule has 1 aliphatic heterocycles. The molecule has 3 rings (SSSR count). The first-order valence-electron chi connectivity index (χ1n) is 9.59. The number of aliphatic hydroxyl groups is 1. The lowest BCUT2D eigenvalue weighted by atomic mass is 10.0. The van der Waals surface area contributed by atoms with E-state index in [0.29, 0.717) is 0 Å². The third-order valence-corrected chi connectivity index (χ3v) is 5.10. The van der Waals surface area contributed by atoms with Crippen molar-refractivity contribution < 1.29 is 9.90 Å². The molecule has 0 unspecified atom stereocenters. The molecule has 1 N–H and O–H groups in total. The van der Waals surface area contributed by atoms with Crippen molar-refractivity contribution in [1.29, 1.82) is 0 Å². The van der Waals surface area contributed by atoms with Crippen molar-refractivity contribution in [3.05, 3.63) is 54.1 Å². The van der Waals surface area contributed by atoms with Crippen molar-refractivity contribution in [3.8, 4) is 11.1 Å². The summed E-state index contributed by atoms with van der Waals surface area (Å²) in [4.78, 5) is 19.3. The van der Waals surface area contributed by atoms with Crippen LogP contribution in [0.15, 0.2) is 48.5 Å². The van der Waals surface area contributed by atoms with Crippen LogP contribution in [0.2, 0.25) is 0 Å². The molecule has 0 radical (unpaired) electrons. The summed E-state index contributed by atoms with van der Waals surface area (Å²) in [6.07, 6.45) is 0.793. The minimum absolute atomic E-state index is 0.0981. The van der Waals surface area contributed by atoms with Gasteiger partial charge in [-0.2, -0.15) is 0 Å². The summed E-state index contributed by atoms with van der Waals surface area (Å²) < 4.78 is 0. The molecule has 144 valence electrons. The van der Waals surface area contributed by atoms with Gasteiger partial charge < -0.3 is 14.9 Å². The van der Waals surface area contributed by atoms with E-state index < -0.39 is 0 Å². The minimum atomic E-state index is 0.0981. The summed E-state index contributed by atoms with van der Waals surface area (Å²) >= 11 is 0. The molecule has 5 heteroatoms.